The van der Waals surface area contributed by atoms with Crippen molar-refractivity contribution in [1.29, 1.82) is 0 Å². The van der Waals surface area contributed by atoms with E-state index in [1.165, 1.54) is 25.0 Å². The molecule has 5 rings (SSSR count). The Morgan fingerprint density at radius 1 is 1.03 bits per heavy atom. The highest BCUT2D eigenvalue weighted by atomic mass is 19.4. The fraction of sp³-hybridized carbons (Fsp3) is 0.625. The van der Waals surface area contributed by atoms with Crippen LogP contribution in [0.25, 0.3) is 11.4 Å². The Morgan fingerprint density at radius 2 is 1.71 bits per heavy atom. The predicted octanol–water partition coefficient (Wildman–Crippen LogP) is 3.81. The second-order valence-corrected chi connectivity index (χ2v) is 9.61. The fourth-order valence-corrected chi connectivity index (χ4v) is 5.08. The standard InChI is InChI=1S/C24H30F3N5O2/c25-24(26,27)18-5-3-4-17(14-18)23-28-21(34-29-23)15-30-10-12-31(13-11-30)16-22(33)32(20-8-9-20)19-6-1-2-7-19/h3-5,14,19-20H,1-2,6-13,15-16H2. The van der Waals surface area contributed by atoms with E-state index in [1.54, 1.807) is 0 Å². The minimum atomic E-state index is -4.42. The van der Waals surface area contributed by atoms with Gasteiger partial charge in [-0.25, -0.2) is 0 Å². The molecule has 184 valence electrons. The summed E-state index contributed by atoms with van der Waals surface area (Å²) in [5.41, 5.74) is -0.467. The summed E-state index contributed by atoms with van der Waals surface area (Å²) >= 11 is 0. The van der Waals surface area contributed by atoms with Crippen molar-refractivity contribution in [2.24, 2.45) is 0 Å². The molecule has 0 radical (unpaired) electrons. The summed E-state index contributed by atoms with van der Waals surface area (Å²) in [6, 6.07) is 5.82. The minimum absolute atomic E-state index is 0.150. The van der Waals surface area contributed by atoms with Gasteiger partial charge in [0.25, 0.3) is 0 Å². The lowest BCUT2D eigenvalue weighted by atomic mass is 10.1. The number of aromatic nitrogens is 2. The van der Waals surface area contributed by atoms with E-state index in [0.717, 1.165) is 64.0 Å². The van der Waals surface area contributed by atoms with Crippen molar-refractivity contribution in [3.63, 3.8) is 0 Å². The number of carbonyl (C=O) groups is 1. The zero-order chi connectivity index (χ0) is 23.7. The predicted molar refractivity (Wildman–Crippen MR) is 119 cm³/mol. The molecule has 2 saturated carbocycles. The van der Waals surface area contributed by atoms with Gasteiger partial charge in [0.05, 0.1) is 18.7 Å². The molecule has 34 heavy (non-hydrogen) atoms. The minimum Gasteiger partial charge on any atom is -0.338 e. The Hall–Kier alpha value is -2.46. The lowest BCUT2D eigenvalue weighted by molar-refractivity contribution is -0.137. The van der Waals surface area contributed by atoms with Gasteiger partial charge in [-0.1, -0.05) is 30.1 Å². The summed E-state index contributed by atoms with van der Waals surface area (Å²) in [6.07, 6.45) is 2.60. The summed E-state index contributed by atoms with van der Waals surface area (Å²) in [6.45, 7) is 4.00. The van der Waals surface area contributed by atoms with E-state index in [1.807, 2.05) is 0 Å². The maximum Gasteiger partial charge on any atom is 0.416 e. The third-order valence-corrected chi connectivity index (χ3v) is 7.05. The van der Waals surface area contributed by atoms with E-state index in [-0.39, 0.29) is 17.3 Å². The normalized spacial score (nSPS) is 20.7. The van der Waals surface area contributed by atoms with Gasteiger partial charge < -0.3 is 9.42 Å². The molecule has 2 heterocycles. The van der Waals surface area contributed by atoms with Crippen LogP contribution in [0.3, 0.4) is 0 Å². The number of piperazine rings is 1. The highest BCUT2D eigenvalue weighted by Gasteiger charge is 2.38. The molecule has 0 bridgehead atoms. The molecule has 0 spiro atoms. The number of benzene rings is 1. The maximum absolute atomic E-state index is 13.0. The van der Waals surface area contributed by atoms with Crippen molar-refractivity contribution < 1.29 is 22.5 Å². The van der Waals surface area contributed by atoms with E-state index < -0.39 is 11.7 Å². The first-order valence-electron chi connectivity index (χ1n) is 12.1. The van der Waals surface area contributed by atoms with E-state index in [0.29, 0.717) is 31.1 Å². The molecule has 0 N–H and O–H groups in total. The molecule has 0 unspecified atom stereocenters. The summed E-state index contributed by atoms with van der Waals surface area (Å²) in [7, 11) is 0. The van der Waals surface area contributed by atoms with Gasteiger partial charge in [-0.3, -0.25) is 14.6 Å². The van der Waals surface area contributed by atoms with Crippen molar-refractivity contribution >= 4 is 5.91 Å². The zero-order valence-electron chi connectivity index (χ0n) is 19.1. The first kappa shape index (κ1) is 23.3. The molecule has 1 aromatic heterocycles. The summed E-state index contributed by atoms with van der Waals surface area (Å²) in [5.74, 6) is 0.793. The number of hydrogen-bond acceptors (Lipinski definition) is 6. The first-order valence-corrected chi connectivity index (χ1v) is 12.1. The summed E-state index contributed by atoms with van der Waals surface area (Å²) in [5, 5.41) is 3.87. The Balaban J connectivity index is 1.12. The molecule has 3 fully saturated rings. The van der Waals surface area contributed by atoms with Crippen molar-refractivity contribution in [2.75, 3.05) is 32.7 Å². The number of rotatable bonds is 7. The third-order valence-electron chi connectivity index (χ3n) is 7.05. The van der Waals surface area contributed by atoms with Crippen LogP contribution in [0.4, 0.5) is 13.2 Å². The number of hydrogen-bond donors (Lipinski definition) is 0. The van der Waals surface area contributed by atoms with Gasteiger partial charge in [0.15, 0.2) is 0 Å². The van der Waals surface area contributed by atoms with Crippen molar-refractivity contribution in [1.82, 2.24) is 24.8 Å². The largest absolute Gasteiger partial charge is 0.416 e. The van der Waals surface area contributed by atoms with Gasteiger partial charge in [0.2, 0.25) is 17.6 Å². The lowest BCUT2D eigenvalue weighted by Crippen LogP contribution is -2.51. The van der Waals surface area contributed by atoms with Crippen molar-refractivity contribution in [3.05, 3.63) is 35.7 Å². The van der Waals surface area contributed by atoms with E-state index in [9.17, 15) is 18.0 Å². The number of alkyl halides is 3. The molecule has 1 saturated heterocycles. The van der Waals surface area contributed by atoms with E-state index in [4.69, 9.17) is 4.52 Å². The van der Waals surface area contributed by atoms with Crippen LogP contribution in [0.2, 0.25) is 0 Å². The Morgan fingerprint density at radius 3 is 2.38 bits per heavy atom. The zero-order valence-corrected chi connectivity index (χ0v) is 19.1. The van der Waals surface area contributed by atoms with Gasteiger partial charge in [0.1, 0.15) is 0 Å². The molecule has 1 aliphatic heterocycles. The second-order valence-electron chi connectivity index (χ2n) is 9.61. The number of carbonyl (C=O) groups excluding carboxylic acids is 1. The molecular formula is C24H30F3N5O2. The molecule has 10 heteroatoms. The molecule has 7 nitrogen and oxygen atoms in total. The fourth-order valence-electron chi connectivity index (χ4n) is 5.08. The Bertz CT molecular complexity index is 992. The molecule has 0 atom stereocenters. The van der Waals surface area contributed by atoms with Gasteiger partial charge in [0, 0.05) is 43.8 Å². The van der Waals surface area contributed by atoms with Gasteiger partial charge in [-0.05, 0) is 37.8 Å². The van der Waals surface area contributed by atoms with E-state index >= 15 is 0 Å². The van der Waals surface area contributed by atoms with Crippen LogP contribution in [0.15, 0.2) is 28.8 Å². The van der Waals surface area contributed by atoms with Crippen molar-refractivity contribution in [2.45, 2.75) is 63.3 Å². The topological polar surface area (TPSA) is 65.7 Å². The van der Waals surface area contributed by atoms with Crippen LogP contribution >= 0.6 is 0 Å². The molecule has 3 aliphatic rings. The van der Waals surface area contributed by atoms with Crippen LogP contribution in [0.1, 0.15) is 50.0 Å². The quantitative estimate of drug-likeness (QED) is 0.604. The highest BCUT2D eigenvalue weighted by molar-refractivity contribution is 5.79. The number of halogens is 3. The smallest absolute Gasteiger partial charge is 0.338 e. The van der Waals surface area contributed by atoms with Gasteiger partial charge in [-0.15, -0.1) is 0 Å². The number of nitrogens with zero attached hydrogens (tertiary/aromatic N) is 5. The average Bonchev–Trinajstić information content (AvgIpc) is 3.29. The van der Waals surface area contributed by atoms with E-state index in [2.05, 4.69) is 24.8 Å². The van der Waals surface area contributed by atoms with Crippen LogP contribution in [0, 0.1) is 0 Å². The Labute approximate surface area is 196 Å². The monoisotopic (exact) mass is 477 g/mol. The van der Waals surface area contributed by atoms with Crippen LogP contribution in [-0.2, 0) is 17.5 Å². The maximum atomic E-state index is 13.0. The molecule has 1 aromatic carbocycles. The average molecular weight is 478 g/mol. The van der Waals surface area contributed by atoms with Crippen molar-refractivity contribution in [3.8, 4) is 11.4 Å². The highest BCUT2D eigenvalue weighted by Crippen LogP contribution is 2.35. The molecule has 2 aliphatic carbocycles. The SMILES string of the molecule is O=C(CN1CCN(Cc2nc(-c3cccc(C(F)(F)F)c3)no2)CC1)N(C1CCCC1)C1CC1. The second kappa shape index (κ2) is 9.65. The summed E-state index contributed by atoms with van der Waals surface area (Å²) < 4.78 is 44.2. The molecule has 2 aromatic rings. The third kappa shape index (κ3) is 5.43. The number of amides is 1. The lowest BCUT2D eigenvalue weighted by Gasteiger charge is -2.36. The molecule has 1 amide bonds. The van der Waals surface area contributed by atoms with Gasteiger partial charge in [-0.2, -0.15) is 18.2 Å². The summed E-state index contributed by atoms with van der Waals surface area (Å²) in [4.78, 5) is 23.9. The van der Waals surface area contributed by atoms with Crippen LogP contribution in [-0.4, -0.2) is 75.6 Å². The van der Waals surface area contributed by atoms with Crippen LogP contribution < -0.4 is 0 Å². The molecular weight excluding hydrogens is 447 g/mol. The van der Waals surface area contributed by atoms with Crippen LogP contribution in [0.5, 0.6) is 0 Å². The Kier molecular flexibility index (Phi) is 6.61. The van der Waals surface area contributed by atoms with Gasteiger partial charge >= 0.3 is 6.18 Å². The first-order chi connectivity index (χ1) is 16.4.